The normalized spacial score (nSPS) is 10.7. The van der Waals surface area contributed by atoms with Crippen molar-refractivity contribution in [3.8, 4) is 5.69 Å². The molecule has 0 aliphatic rings. The fourth-order valence-corrected chi connectivity index (χ4v) is 4.01. The molecular formula is C24H23FN6S. The maximum atomic E-state index is 14.2. The van der Waals surface area contributed by atoms with Crippen LogP contribution in [0.1, 0.15) is 12.3 Å². The molecule has 0 radical (unpaired) electrons. The fourth-order valence-electron chi connectivity index (χ4n) is 3.30. The lowest BCUT2D eigenvalue weighted by molar-refractivity contribution is 0.631. The molecule has 3 aromatic heterocycles. The zero-order valence-electron chi connectivity index (χ0n) is 16.5. The van der Waals surface area contributed by atoms with E-state index in [0.717, 1.165) is 18.7 Å². The third-order valence-corrected chi connectivity index (χ3v) is 5.71. The number of fused-ring (bicyclic) bond motifs is 1. The summed E-state index contributed by atoms with van der Waals surface area (Å²) < 4.78 is 16.1. The zero-order chi connectivity index (χ0) is 21.0. The molecule has 0 aliphatic heterocycles. The van der Waals surface area contributed by atoms with Crippen molar-refractivity contribution in [2.24, 2.45) is 0 Å². The lowest BCUT2D eigenvalue weighted by atomic mass is 10.3. The molecule has 6 nitrogen and oxygen atoms in total. The van der Waals surface area contributed by atoms with Crippen LogP contribution in [0.15, 0.2) is 78.3 Å². The van der Waals surface area contributed by atoms with Gasteiger partial charge in [-0.15, -0.1) is 11.3 Å². The van der Waals surface area contributed by atoms with Gasteiger partial charge in [0, 0.05) is 11.4 Å². The summed E-state index contributed by atoms with van der Waals surface area (Å²) in [6, 6.07) is 20.4. The molecule has 0 aliphatic carbocycles. The number of para-hydroxylation sites is 2. The highest BCUT2D eigenvalue weighted by molar-refractivity contribution is 7.09. The van der Waals surface area contributed by atoms with E-state index in [-0.39, 0.29) is 13.2 Å². The summed E-state index contributed by atoms with van der Waals surface area (Å²) in [6.45, 7) is 0.728. The molecule has 0 spiro atoms. The standard InChI is InChI=1S/C23H19FN6S.CH4/c24-18-10-4-5-11-19(18)27-23-28-20-15-26-22(25-13-12-17-9-6-14-31-17)29-21(20)30(23)16-7-2-1-3-8-16;/h1-11,14-15H,12-13H2,(H,27,28)(H,25,26,29);1H4. The Balaban J connectivity index is 0.00000245. The highest BCUT2D eigenvalue weighted by Gasteiger charge is 2.16. The Kier molecular flexibility index (Phi) is 6.42. The van der Waals surface area contributed by atoms with E-state index in [1.807, 2.05) is 41.0 Å². The fraction of sp³-hybridized carbons (Fsp3) is 0.125. The topological polar surface area (TPSA) is 67.7 Å². The quantitative estimate of drug-likeness (QED) is 0.318. The van der Waals surface area contributed by atoms with E-state index in [4.69, 9.17) is 4.98 Å². The Hall–Kier alpha value is -3.78. The Morgan fingerprint density at radius 2 is 1.75 bits per heavy atom. The van der Waals surface area contributed by atoms with Gasteiger partial charge in [-0.3, -0.25) is 4.57 Å². The number of imidazole rings is 1. The molecule has 0 atom stereocenters. The first-order valence-electron chi connectivity index (χ1n) is 9.87. The molecule has 0 bridgehead atoms. The lowest BCUT2D eigenvalue weighted by Crippen LogP contribution is -2.08. The largest absolute Gasteiger partial charge is 0.354 e. The van der Waals surface area contributed by atoms with Gasteiger partial charge in [0.2, 0.25) is 11.9 Å². The maximum Gasteiger partial charge on any atom is 0.224 e. The van der Waals surface area contributed by atoms with E-state index < -0.39 is 0 Å². The van der Waals surface area contributed by atoms with Crippen LogP contribution in [0, 0.1) is 5.82 Å². The molecule has 162 valence electrons. The third-order valence-electron chi connectivity index (χ3n) is 4.77. The minimum atomic E-state index is -0.351. The van der Waals surface area contributed by atoms with E-state index in [1.54, 1.807) is 35.7 Å². The summed E-state index contributed by atoms with van der Waals surface area (Å²) in [5, 5.41) is 8.45. The van der Waals surface area contributed by atoms with E-state index in [1.165, 1.54) is 10.9 Å². The first kappa shape index (κ1) is 21.5. The number of nitrogens with zero attached hydrogens (tertiary/aromatic N) is 4. The monoisotopic (exact) mass is 446 g/mol. The van der Waals surface area contributed by atoms with Crippen molar-refractivity contribution >= 4 is 40.1 Å². The molecular weight excluding hydrogens is 423 g/mol. The Morgan fingerprint density at radius 3 is 2.53 bits per heavy atom. The van der Waals surface area contributed by atoms with Crippen molar-refractivity contribution in [3.05, 3.63) is 89.0 Å². The van der Waals surface area contributed by atoms with E-state index in [2.05, 4.69) is 32.0 Å². The molecule has 0 saturated carbocycles. The molecule has 5 rings (SSSR count). The van der Waals surface area contributed by atoms with Crippen molar-refractivity contribution in [3.63, 3.8) is 0 Å². The van der Waals surface area contributed by atoms with Gasteiger partial charge in [0.05, 0.1) is 17.6 Å². The van der Waals surface area contributed by atoms with Crippen LogP contribution < -0.4 is 10.6 Å². The van der Waals surface area contributed by atoms with E-state index in [9.17, 15) is 4.39 Å². The Labute approximate surface area is 189 Å². The number of rotatable bonds is 7. The van der Waals surface area contributed by atoms with Crippen LogP contribution in [0.2, 0.25) is 0 Å². The highest BCUT2D eigenvalue weighted by atomic mass is 32.1. The van der Waals surface area contributed by atoms with Crippen molar-refractivity contribution in [1.82, 2.24) is 19.5 Å². The molecule has 0 saturated heterocycles. The molecule has 0 amide bonds. The number of hydrogen-bond acceptors (Lipinski definition) is 6. The average molecular weight is 447 g/mol. The van der Waals surface area contributed by atoms with Crippen LogP contribution >= 0.6 is 11.3 Å². The van der Waals surface area contributed by atoms with Crippen LogP contribution in [0.4, 0.5) is 22.0 Å². The number of benzene rings is 2. The minimum absolute atomic E-state index is 0. The molecule has 0 fully saturated rings. The second-order valence-corrected chi connectivity index (χ2v) is 7.90. The molecule has 32 heavy (non-hydrogen) atoms. The van der Waals surface area contributed by atoms with Gasteiger partial charge in [0.25, 0.3) is 0 Å². The Bertz CT molecular complexity index is 1300. The van der Waals surface area contributed by atoms with Gasteiger partial charge in [-0.1, -0.05) is 43.8 Å². The van der Waals surface area contributed by atoms with Gasteiger partial charge in [-0.05, 0) is 42.1 Å². The predicted octanol–water partition coefficient (Wildman–Crippen LogP) is 6.05. The third kappa shape index (κ3) is 4.45. The predicted molar refractivity (Wildman–Crippen MR) is 130 cm³/mol. The van der Waals surface area contributed by atoms with Gasteiger partial charge in [-0.2, -0.15) is 4.98 Å². The van der Waals surface area contributed by atoms with E-state index in [0.29, 0.717) is 28.7 Å². The first-order valence-corrected chi connectivity index (χ1v) is 10.7. The Morgan fingerprint density at radius 1 is 0.938 bits per heavy atom. The summed E-state index contributed by atoms with van der Waals surface area (Å²) in [5.41, 5.74) is 2.47. The summed E-state index contributed by atoms with van der Waals surface area (Å²) in [6.07, 6.45) is 2.58. The summed E-state index contributed by atoms with van der Waals surface area (Å²) in [7, 11) is 0. The molecule has 3 heterocycles. The molecule has 0 unspecified atom stereocenters. The van der Waals surface area contributed by atoms with Gasteiger partial charge >= 0.3 is 0 Å². The number of hydrogen-bond donors (Lipinski definition) is 2. The van der Waals surface area contributed by atoms with Crippen molar-refractivity contribution < 1.29 is 4.39 Å². The van der Waals surface area contributed by atoms with Crippen LogP contribution in [-0.2, 0) is 6.42 Å². The summed E-state index contributed by atoms with van der Waals surface area (Å²) in [4.78, 5) is 15.0. The zero-order valence-corrected chi connectivity index (χ0v) is 17.3. The molecule has 2 N–H and O–H groups in total. The maximum absolute atomic E-state index is 14.2. The molecule has 8 heteroatoms. The van der Waals surface area contributed by atoms with Crippen LogP contribution in [0.5, 0.6) is 0 Å². The van der Waals surface area contributed by atoms with Gasteiger partial charge in [0.15, 0.2) is 5.65 Å². The second-order valence-electron chi connectivity index (χ2n) is 6.87. The van der Waals surface area contributed by atoms with Crippen molar-refractivity contribution in [1.29, 1.82) is 0 Å². The second kappa shape index (κ2) is 9.57. The van der Waals surface area contributed by atoms with Crippen molar-refractivity contribution in [2.45, 2.75) is 13.8 Å². The number of halogens is 1. The average Bonchev–Trinajstić information content (AvgIpc) is 3.43. The first-order chi connectivity index (χ1) is 15.3. The molecule has 2 aromatic carbocycles. The molecule has 5 aromatic rings. The summed E-state index contributed by atoms with van der Waals surface area (Å²) >= 11 is 1.73. The minimum Gasteiger partial charge on any atom is -0.354 e. The van der Waals surface area contributed by atoms with Crippen LogP contribution in [-0.4, -0.2) is 26.1 Å². The number of aromatic nitrogens is 4. The van der Waals surface area contributed by atoms with Gasteiger partial charge in [-0.25, -0.2) is 14.4 Å². The van der Waals surface area contributed by atoms with E-state index >= 15 is 0 Å². The van der Waals surface area contributed by atoms with Gasteiger partial charge < -0.3 is 10.6 Å². The number of thiophene rings is 1. The lowest BCUT2D eigenvalue weighted by Gasteiger charge is -2.11. The highest BCUT2D eigenvalue weighted by Crippen LogP contribution is 2.27. The van der Waals surface area contributed by atoms with Crippen LogP contribution in [0.3, 0.4) is 0 Å². The van der Waals surface area contributed by atoms with Crippen LogP contribution in [0.25, 0.3) is 16.9 Å². The summed E-state index contributed by atoms with van der Waals surface area (Å²) in [5.74, 6) is 0.645. The van der Waals surface area contributed by atoms with Gasteiger partial charge in [0.1, 0.15) is 11.3 Å². The SMILES string of the molecule is C.Fc1ccccc1Nc1nc2cnc(NCCc3cccs3)nc2n1-c1ccccc1. The smallest absolute Gasteiger partial charge is 0.224 e. The number of nitrogens with one attached hydrogen (secondary N) is 2. The number of anilines is 3. The van der Waals surface area contributed by atoms with Crippen molar-refractivity contribution in [2.75, 3.05) is 17.2 Å².